The molecule has 110 valence electrons. The Morgan fingerprint density at radius 2 is 1.63 bits per heavy atom. The Morgan fingerprint density at radius 3 is 2.16 bits per heavy atom. The average molecular weight is 272 g/mol. The van der Waals surface area contributed by atoms with Crippen LogP contribution in [0.15, 0.2) is 0 Å². The molecule has 0 saturated carbocycles. The third-order valence-corrected chi connectivity index (χ3v) is 3.25. The number of hydrogen-bond acceptors (Lipinski definition) is 6. The molecule has 0 aromatic rings. The van der Waals surface area contributed by atoms with E-state index in [1.165, 1.54) is 13.8 Å². The van der Waals surface area contributed by atoms with Gasteiger partial charge < -0.3 is 9.47 Å². The van der Waals surface area contributed by atoms with Gasteiger partial charge in [-0.1, -0.05) is 0 Å². The lowest BCUT2D eigenvalue weighted by molar-refractivity contribution is -0.143. The standard InChI is InChI=1S/C13H24N2O4/c1-11-10-14(6-8-18-12(2)16)4-5-15(11)7-9-19-13(3)17/h11H,4-10H2,1-3H3. The molecular weight excluding hydrogens is 248 g/mol. The summed E-state index contributed by atoms with van der Waals surface area (Å²) < 4.78 is 9.91. The van der Waals surface area contributed by atoms with Crippen molar-refractivity contribution < 1.29 is 19.1 Å². The summed E-state index contributed by atoms with van der Waals surface area (Å²) in [4.78, 5) is 26.0. The van der Waals surface area contributed by atoms with Crippen LogP contribution >= 0.6 is 0 Å². The summed E-state index contributed by atoms with van der Waals surface area (Å²) in [6, 6.07) is 0.418. The number of rotatable bonds is 6. The number of piperazine rings is 1. The highest BCUT2D eigenvalue weighted by Gasteiger charge is 2.23. The summed E-state index contributed by atoms with van der Waals surface area (Å²) in [7, 11) is 0. The van der Waals surface area contributed by atoms with Gasteiger partial charge in [-0.05, 0) is 6.92 Å². The van der Waals surface area contributed by atoms with Gasteiger partial charge in [0.25, 0.3) is 0 Å². The highest BCUT2D eigenvalue weighted by molar-refractivity contribution is 5.66. The Morgan fingerprint density at radius 1 is 1.05 bits per heavy atom. The average Bonchev–Trinajstić information content (AvgIpc) is 2.31. The van der Waals surface area contributed by atoms with E-state index in [-0.39, 0.29) is 11.9 Å². The number of ether oxygens (including phenoxy) is 2. The molecule has 0 N–H and O–H groups in total. The Bertz CT molecular complexity index is 309. The van der Waals surface area contributed by atoms with Crippen molar-refractivity contribution in [2.45, 2.75) is 26.8 Å². The van der Waals surface area contributed by atoms with Crippen LogP contribution in [0, 0.1) is 0 Å². The van der Waals surface area contributed by atoms with E-state index >= 15 is 0 Å². The van der Waals surface area contributed by atoms with E-state index in [9.17, 15) is 9.59 Å². The summed E-state index contributed by atoms with van der Waals surface area (Å²) in [5.74, 6) is -0.458. The van der Waals surface area contributed by atoms with Crippen molar-refractivity contribution in [1.82, 2.24) is 9.80 Å². The summed E-state index contributed by atoms with van der Waals surface area (Å²) in [5.41, 5.74) is 0. The topological polar surface area (TPSA) is 59.1 Å². The fourth-order valence-electron chi connectivity index (χ4n) is 2.23. The minimum atomic E-state index is -0.229. The normalized spacial score (nSPS) is 21.1. The number of nitrogens with zero attached hydrogens (tertiary/aromatic N) is 2. The van der Waals surface area contributed by atoms with E-state index in [0.29, 0.717) is 19.3 Å². The van der Waals surface area contributed by atoms with Crippen LogP contribution in [0.5, 0.6) is 0 Å². The van der Waals surface area contributed by atoms with E-state index < -0.39 is 0 Å². The first kappa shape index (κ1) is 15.9. The Hall–Kier alpha value is -1.14. The van der Waals surface area contributed by atoms with E-state index in [1.54, 1.807) is 0 Å². The van der Waals surface area contributed by atoms with Crippen molar-refractivity contribution in [3.05, 3.63) is 0 Å². The van der Waals surface area contributed by atoms with Gasteiger partial charge in [-0.2, -0.15) is 0 Å². The first-order valence-electron chi connectivity index (χ1n) is 6.72. The van der Waals surface area contributed by atoms with Crippen LogP contribution in [0.4, 0.5) is 0 Å². The quantitative estimate of drug-likeness (QED) is 0.640. The number of hydrogen-bond donors (Lipinski definition) is 0. The first-order chi connectivity index (χ1) is 8.99. The van der Waals surface area contributed by atoms with Crippen LogP contribution in [0.25, 0.3) is 0 Å². The maximum absolute atomic E-state index is 10.7. The third kappa shape index (κ3) is 6.54. The molecule has 1 saturated heterocycles. The van der Waals surface area contributed by atoms with Crippen molar-refractivity contribution in [3.63, 3.8) is 0 Å². The van der Waals surface area contributed by atoms with Gasteiger partial charge in [0.15, 0.2) is 0 Å². The van der Waals surface area contributed by atoms with Gasteiger partial charge >= 0.3 is 11.9 Å². The van der Waals surface area contributed by atoms with Crippen LogP contribution in [0.2, 0.25) is 0 Å². The molecule has 1 unspecified atom stereocenters. The van der Waals surface area contributed by atoms with Gasteiger partial charge in [0.1, 0.15) is 13.2 Å². The minimum Gasteiger partial charge on any atom is -0.465 e. The Labute approximate surface area is 114 Å². The van der Waals surface area contributed by atoms with Gasteiger partial charge in [0.05, 0.1) is 0 Å². The molecule has 6 heteroatoms. The summed E-state index contributed by atoms with van der Waals surface area (Å²) in [6.07, 6.45) is 0. The smallest absolute Gasteiger partial charge is 0.302 e. The van der Waals surface area contributed by atoms with Crippen LogP contribution in [-0.2, 0) is 19.1 Å². The van der Waals surface area contributed by atoms with Crippen molar-refractivity contribution in [2.75, 3.05) is 45.9 Å². The summed E-state index contributed by atoms with van der Waals surface area (Å²) >= 11 is 0. The SMILES string of the molecule is CC(=O)OCCN1CCN(CCOC(C)=O)C(C)C1. The van der Waals surface area contributed by atoms with Crippen LogP contribution in [0.1, 0.15) is 20.8 Å². The molecule has 1 heterocycles. The lowest BCUT2D eigenvalue weighted by Gasteiger charge is -2.39. The zero-order chi connectivity index (χ0) is 14.3. The van der Waals surface area contributed by atoms with Gasteiger partial charge in [-0.15, -0.1) is 0 Å². The Kier molecular flexibility index (Phi) is 6.80. The molecule has 1 atom stereocenters. The highest BCUT2D eigenvalue weighted by atomic mass is 16.5. The van der Waals surface area contributed by atoms with E-state index in [2.05, 4.69) is 16.7 Å². The van der Waals surface area contributed by atoms with E-state index in [4.69, 9.17) is 9.47 Å². The van der Waals surface area contributed by atoms with Crippen LogP contribution in [0.3, 0.4) is 0 Å². The number of carbonyl (C=O) groups excluding carboxylic acids is 2. The fraction of sp³-hybridized carbons (Fsp3) is 0.846. The second-order valence-electron chi connectivity index (χ2n) is 4.87. The monoisotopic (exact) mass is 272 g/mol. The molecule has 6 nitrogen and oxygen atoms in total. The van der Waals surface area contributed by atoms with E-state index in [1.807, 2.05) is 0 Å². The summed E-state index contributed by atoms with van der Waals surface area (Å²) in [5, 5.41) is 0. The molecule has 0 amide bonds. The second-order valence-corrected chi connectivity index (χ2v) is 4.87. The van der Waals surface area contributed by atoms with Gasteiger partial charge in [-0.3, -0.25) is 19.4 Å². The van der Waals surface area contributed by atoms with Gasteiger partial charge in [-0.25, -0.2) is 0 Å². The lowest BCUT2D eigenvalue weighted by atomic mass is 10.2. The molecule has 0 aromatic heterocycles. The minimum absolute atomic E-state index is 0.229. The highest BCUT2D eigenvalue weighted by Crippen LogP contribution is 2.08. The maximum atomic E-state index is 10.7. The van der Waals surface area contributed by atoms with Crippen molar-refractivity contribution in [3.8, 4) is 0 Å². The zero-order valence-electron chi connectivity index (χ0n) is 12.1. The van der Waals surface area contributed by atoms with E-state index in [0.717, 1.165) is 32.7 Å². The molecule has 1 rings (SSSR count). The predicted molar refractivity (Wildman–Crippen MR) is 70.7 cm³/mol. The van der Waals surface area contributed by atoms with Crippen LogP contribution in [-0.4, -0.2) is 73.7 Å². The third-order valence-electron chi connectivity index (χ3n) is 3.25. The largest absolute Gasteiger partial charge is 0.465 e. The maximum Gasteiger partial charge on any atom is 0.302 e. The lowest BCUT2D eigenvalue weighted by Crippen LogP contribution is -2.53. The Balaban J connectivity index is 2.19. The predicted octanol–water partition coefficient (Wildman–Crippen LogP) is 0.119. The molecule has 0 aromatic carbocycles. The number of esters is 2. The summed E-state index contributed by atoms with van der Waals surface area (Å²) in [6.45, 7) is 10.3. The van der Waals surface area contributed by atoms with Crippen molar-refractivity contribution in [2.24, 2.45) is 0 Å². The van der Waals surface area contributed by atoms with Crippen molar-refractivity contribution in [1.29, 1.82) is 0 Å². The number of carbonyl (C=O) groups is 2. The fourth-order valence-corrected chi connectivity index (χ4v) is 2.23. The molecule has 0 radical (unpaired) electrons. The van der Waals surface area contributed by atoms with Gasteiger partial charge in [0.2, 0.25) is 0 Å². The molecule has 0 aliphatic carbocycles. The molecule has 1 fully saturated rings. The molecular formula is C13H24N2O4. The van der Waals surface area contributed by atoms with Crippen LogP contribution < -0.4 is 0 Å². The molecule has 0 bridgehead atoms. The van der Waals surface area contributed by atoms with Crippen molar-refractivity contribution >= 4 is 11.9 Å². The zero-order valence-corrected chi connectivity index (χ0v) is 12.1. The molecule has 1 aliphatic rings. The second kappa shape index (κ2) is 8.12. The molecule has 0 spiro atoms. The molecule has 19 heavy (non-hydrogen) atoms. The first-order valence-corrected chi connectivity index (χ1v) is 6.72. The molecule has 1 aliphatic heterocycles. The van der Waals surface area contributed by atoms with Gasteiger partial charge in [0, 0.05) is 52.6 Å².